The zero-order valence-electron chi connectivity index (χ0n) is 8.67. The van der Waals surface area contributed by atoms with Crippen LogP contribution in [0.1, 0.15) is 13.8 Å². The van der Waals surface area contributed by atoms with Gasteiger partial charge in [-0.05, 0) is 32.0 Å². The summed E-state index contributed by atoms with van der Waals surface area (Å²) < 4.78 is 0. The molecule has 2 amide bonds. The number of nitrogens with two attached hydrogens (primary N) is 1. The number of carbonyl (C=O) groups is 1. The van der Waals surface area contributed by atoms with E-state index in [1.165, 1.54) is 0 Å². The first kappa shape index (κ1) is 11.7. The number of rotatable bonds is 2. The highest BCUT2D eigenvalue weighted by Gasteiger charge is 2.06. The first-order valence-electron chi connectivity index (χ1n) is 4.61. The topological polar surface area (TPSA) is 67.2 Å². The zero-order valence-corrected chi connectivity index (χ0v) is 9.43. The highest BCUT2D eigenvalue weighted by atomic mass is 35.5. The van der Waals surface area contributed by atoms with Crippen LogP contribution in [0.15, 0.2) is 18.2 Å². The Hall–Kier alpha value is -1.42. The largest absolute Gasteiger partial charge is 0.399 e. The molecule has 0 saturated carbocycles. The quantitative estimate of drug-likeness (QED) is 0.680. The summed E-state index contributed by atoms with van der Waals surface area (Å²) in [6.07, 6.45) is 0. The van der Waals surface area contributed by atoms with Gasteiger partial charge in [0.1, 0.15) is 0 Å². The van der Waals surface area contributed by atoms with Crippen LogP contribution in [0.5, 0.6) is 0 Å². The second-order valence-corrected chi connectivity index (χ2v) is 3.90. The van der Waals surface area contributed by atoms with Crippen LogP contribution in [0.4, 0.5) is 16.2 Å². The van der Waals surface area contributed by atoms with Crippen LogP contribution in [0.25, 0.3) is 0 Å². The van der Waals surface area contributed by atoms with Crippen LogP contribution in [-0.2, 0) is 0 Å². The molecule has 1 aromatic rings. The maximum atomic E-state index is 11.4. The van der Waals surface area contributed by atoms with Crippen LogP contribution < -0.4 is 16.4 Å². The number of hydrogen-bond acceptors (Lipinski definition) is 2. The number of anilines is 2. The fraction of sp³-hybridized carbons (Fsp3) is 0.300. The number of nitrogen functional groups attached to an aromatic ring is 1. The Bertz CT molecular complexity index is 366. The van der Waals surface area contributed by atoms with Gasteiger partial charge in [-0.1, -0.05) is 11.6 Å². The average molecular weight is 228 g/mol. The van der Waals surface area contributed by atoms with Gasteiger partial charge in [0.05, 0.1) is 10.7 Å². The van der Waals surface area contributed by atoms with Crippen molar-refractivity contribution in [1.29, 1.82) is 0 Å². The number of nitrogens with one attached hydrogen (secondary N) is 2. The summed E-state index contributed by atoms with van der Waals surface area (Å²) in [6.45, 7) is 3.75. The normalized spacial score (nSPS) is 10.1. The molecule has 0 radical (unpaired) electrons. The van der Waals surface area contributed by atoms with Crippen molar-refractivity contribution in [3.63, 3.8) is 0 Å². The summed E-state index contributed by atoms with van der Waals surface area (Å²) in [5, 5.41) is 5.77. The van der Waals surface area contributed by atoms with Crippen molar-refractivity contribution < 1.29 is 4.79 Å². The molecule has 0 atom stereocenters. The molecule has 0 aromatic heterocycles. The lowest BCUT2D eigenvalue weighted by molar-refractivity contribution is 0.250. The van der Waals surface area contributed by atoms with E-state index in [4.69, 9.17) is 17.3 Å². The minimum atomic E-state index is -0.294. The Labute approximate surface area is 93.8 Å². The lowest BCUT2D eigenvalue weighted by atomic mass is 10.3. The van der Waals surface area contributed by atoms with Crippen LogP contribution in [-0.4, -0.2) is 12.1 Å². The number of benzene rings is 1. The third-order valence-electron chi connectivity index (χ3n) is 1.66. The van der Waals surface area contributed by atoms with Crippen LogP contribution >= 0.6 is 11.6 Å². The molecule has 0 spiro atoms. The van der Waals surface area contributed by atoms with Crippen molar-refractivity contribution >= 4 is 29.0 Å². The lowest BCUT2D eigenvalue weighted by Gasteiger charge is -2.11. The van der Waals surface area contributed by atoms with Crippen LogP contribution in [0, 0.1) is 0 Å². The highest BCUT2D eigenvalue weighted by molar-refractivity contribution is 6.33. The van der Waals surface area contributed by atoms with E-state index < -0.39 is 0 Å². The molecule has 82 valence electrons. The summed E-state index contributed by atoms with van der Waals surface area (Å²) in [7, 11) is 0. The molecular weight excluding hydrogens is 214 g/mol. The number of halogens is 1. The second kappa shape index (κ2) is 4.89. The van der Waals surface area contributed by atoms with E-state index in [1.807, 2.05) is 13.8 Å². The molecule has 1 rings (SSSR count). The van der Waals surface area contributed by atoms with E-state index >= 15 is 0 Å². The van der Waals surface area contributed by atoms with Crippen molar-refractivity contribution in [2.24, 2.45) is 0 Å². The van der Waals surface area contributed by atoms with Gasteiger partial charge >= 0.3 is 6.03 Å². The van der Waals surface area contributed by atoms with Crippen LogP contribution in [0.3, 0.4) is 0 Å². The highest BCUT2D eigenvalue weighted by Crippen LogP contribution is 2.23. The molecule has 0 saturated heterocycles. The molecule has 0 bridgehead atoms. The van der Waals surface area contributed by atoms with Gasteiger partial charge in [0.2, 0.25) is 0 Å². The average Bonchev–Trinajstić information content (AvgIpc) is 2.10. The Morgan fingerprint density at radius 3 is 2.73 bits per heavy atom. The SMILES string of the molecule is CC(C)NC(=O)Nc1cc(N)ccc1Cl. The predicted molar refractivity (Wildman–Crippen MR) is 63.2 cm³/mol. The fourth-order valence-corrected chi connectivity index (χ4v) is 1.22. The molecule has 0 aliphatic rings. The zero-order chi connectivity index (χ0) is 11.4. The molecule has 4 nitrogen and oxygen atoms in total. The molecule has 0 unspecified atom stereocenters. The molecular formula is C10H14ClN3O. The molecule has 0 fully saturated rings. The Morgan fingerprint density at radius 2 is 2.13 bits per heavy atom. The van der Waals surface area contributed by atoms with Gasteiger partial charge < -0.3 is 16.4 Å². The van der Waals surface area contributed by atoms with Gasteiger partial charge in [-0.15, -0.1) is 0 Å². The van der Waals surface area contributed by atoms with Gasteiger partial charge in [0, 0.05) is 11.7 Å². The van der Waals surface area contributed by atoms with E-state index in [2.05, 4.69) is 10.6 Å². The maximum absolute atomic E-state index is 11.4. The number of urea groups is 1. The molecule has 1 aromatic carbocycles. The first-order valence-corrected chi connectivity index (χ1v) is 4.99. The van der Waals surface area contributed by atoms with Crippen molar-refractivity contribution in [3.05, 3.63) is 23.2 Å². The van der Waals surface area contributed by atoms with Crippen molar-refractivity contribution in [2.75, 3.05) is 11.1 Å². The van der Waals surface area contributed by atoms with Gasteiger partial charge in [-0.25, -0.2) is 4.79 Å². The van der Waals surface area contributed by atoms with E-state index in [-0.39, 0.29) is 12.1 Å². The van der Waals surface area contributed by atoms with Crippen molar-refractivity contribution in [1.82, 2.24) is 5.32 Å². The van der Waals surface area contributed by atoms with Gasteiger partial charge in [-0.3, -0.25) is 0 Å². The first-order chi connectivity index (χ1) is 6.99. The monoisotopic (exact) mass is 227 g/mol. The maximum Gasteiger partial charge on any atom is 0.319 e. The van der Waals surface area contributed by atoms with E-state index in [9.17, 15) is 4.79 Å². The third-order valence-corrected chi connectivity index (χ3v) is 1.99. The summed E-state index contributed by atoms with van der Waals surface area (Å²) in [4.78, 5) is 11.4. The summed E-state index contributed by atoms with van der Waals surface area (Å²) in [6, 6.07) is 4.71. The molecule has 0 aliphatic heterocycles. The summed E-state index contributed by atoms with van der Waals surface area (Å²) >= 11 is 5.88. The van der Waals surface area contributed by atoms with Gasteiger partial charge in [-0.2, -0.15) is 0 Å². The number of amides is 2. The lowest BCUT2D eigenvalue weighted by Crippen LogP contribution is -2.34. The summed E-state index contributed by atoms with van der Waals surface area (Å²) in [5.41, 5.74) is 6.64. The fourth-order valence-electron chi connectivity index (χ4n) is 1.06. The molecule has 15 heavy (non-hydrogen) atoms. The van der Waals surface area contributed by atoms with Crippen molar-refractivity contribution in [3.8, 4) is 0 Å². The van der Waals surface area contributed by atoms with E-state index in [0.29, 0.717) is 16.4 Å². The second-order valence-electron chi connectivity index (χ2n) is 3.49. The minimum Gasteiger partial charge on any atom is -0.399 e. The smallest absolute Gasteiger partial charge is 0.319 e. The van der Waals surface area contributed by atoms with E-state index in [1.54, 1.807) is 18.2 Å². The molecule has 0 heterocycles. The molecule has 0 aliphatic carbocycles. The standard InChI is InChI=1S/C10H14ClN3O/c1-6(2)13-10(15)14-9-5-7(12)3-4-8(9)11/h3-6H,12H2,1-2H3,(H2,13,14,15). The Kier molecular flexibility index (Phi) is 3.80. The Balaban J connectivity index is 2.71. The number of hydrogen-bond donors (Lipinski definition) is 3. The van der Waals surface area contributed by atoms with Gasteiger partial charge in [0.25, 0.3) is 0 Å². The minimum absolute atomic E-state index is 0.0739. The van der Waals surface area contributed by atoms with Gasteiger partial charge in [0.15, 0.2) is 0 Å². The third kappa shape index (κ3) is 3.67. The summed E-state index contributed by atoms with van der Waals surface area (Å²) in [5.74, 6) is 0. The van der Waals surface area contributed by atoms with E-state index in [0.717, 1.165) is 0 Å². The predicted octanol–water partition coefficient (Wildman–Crippen LogP) is 2.45. The van der Waals surface area contributed by atoms with Crippen molar-refractivity contribution in [2.45, 2.75) is 19.9 Å². The molecule has 4 N–H and O–H groups in total. The van der Waals surface area contributed by atoms with Crippen LogP contribution in [0.2, 0.25) is 5.02 Å². The molecule has 5 heteroatoms. The number of carbonyl (C=O) groups excluding carboxylic acids is 1. The Morgan fingerprint density at radius 1 is 1.47 bits per heavy atom.